The van der Waals surface area contributed by atoms with Crippen molar-refractivity contribution in [3.05, 3.63) is 35.6 Å². The first kappa shape index (κ1) is 16.1. The summed E-state index contributed by atoms with van der Waals surface area (Å²) in [5, 5.41) is 5.04. The fourth-order valence-electron chi connectivity index (χ4n) is 1.49. The van der Waals surface area contributed by atoms with E-state index in [1.54, 1.807) is 6.07 Å². The van der Waals surface area contributed by atoms with Crippen LogP contribution in [0.5, 0.6) is 0 Å². The van der Waals surface area contributed by atoms with Gasteiger partial charge in [-0.2, -0.15) is 0 Å². The molecule has 0 aromatic heterocycles. The number of amides is 2. The predicted molar refractivity (Wildman–Crippen MR) is 71.6 cm³/mol. The van der Waals surface area contributed by atoms with Crippen LogP contribution >= 0.6 is 0 Å². The van der Waals surface area contributed by atoms with Gasteiger partial charge in [0.25, 0.3) is 5.91 Å². The van der Waals surface area contributed by atoms with Gasteiger partial charge in [0.05, 0.1) is 12.2 Å². The number of carbonyl (C=O) groups excluding carboxylic acids is 2. The SMILES string of the molecule is COCC(N)C(=O)NCCNC(=O)c1ccccc1F. The summed E-state index contributed by atoms with van der Waals surface area (Å²) in [6.45, 7) is 0.502. The molecule has 0 fully saturated rings. The smallest absolute Gasteiger partial charge is 0.254 e. The van der Waals surface area contributed by atoms with Crippen LogP contribution in [-0.2, 0) is 9.53 Å². The molecule has 1 unspecified atom stereocenters. The molecule has 2 amide bonds. The molecule has 4 N–H and O–H groups in total. The number of hydrogen-bond acceptors (Lipinski definition) is 4. The van der Waals surface area contributed by atoms with Crippen LogP contribution in [0.2, 0.25) is 0 Å². The van der Waals surface area contributed by atoms with E-state index in [0.29, 0.717) is 0 Å². The highest BCUT2D eigenvalue weighted by Crippen LogP contribution is 2.05. The highest BCUT2D eigenvalue weighted by Gasteiger charge is 2.13. The number of methoxy groups -OCH3 is 1. The van der Waals surface area contributed by atoms with Gasteiger partial charge in [-0.25, -0.2) is 4.39 Å². The maximum atomic E-state index is 13.3. The molecule has 0 saturated carbocycles. The van der Waals surface area contributed by atoms with Gasteiger partial charge in [0.15, 0.2) is 0 Å². The van der Waals surface area contributed by atoms with Crippen molar-refractivity contribution in [3.63, 3.8) is 0 Å². The van der Waals surface area contributed by atoms with Crippen molar-refractivity contribution in [2.24, 2.45) is 5.73 Å². The molecular weight excluding hydrogens is 265 g/mol. The van der Waals surface area contributed by atoms with Crippen LogP contribution in [0, 0.1) is 5.82 Å². The van der Waals surface area contributed by atoms with Gasteiger partial charge in [-0.3, -0.25) is 9.59 Å². The molecule has 1 aromatic rings. The average Bonchev–Trinajstić information content (AvgIpc) is 2.43. The molecule has 0 radical (unpaired) electrons. The van der Waals surface area contributed by atoms with E-state index in [-0.39, 0.29) is 31.2 Å². The number of hydrogen-bond donors (Lipinski definition) is 3. The number of nitrogens with two attached hydrogens (primary N) is 1. The third kappa shape index (κ3) is 4.94. The van der Waals surface area contributed by atoms with Gasteiger partial charge in [-0.05, 0) is 12.1 Å². The van der Waals surface area contributed by atoms with Crippen LogP contribution in [0.15, 0.2) is 24.3 Å². The summed E-state index contributed by atoms with van der Waals surface area (Å²) >= 11 is 0. The van der Waals surface area contributed by atoms with E-state index in [1.165, 1.54) is 25.3 Å². The normalized spacial score (nSPS) is 11.8. The Hall–Kier alpha value is -1.99. The summed E-state index contributed by atoms with van der Waals surface area (Å²) in [5.41, 5.74) is 5.47. The Morgan fingerprint density at radius 3 is 2.60 bits per heavy atom. The molecule has 0 aliphatic carbocycles. The van der Waals surface area contributed by atoms with Crippen molar-refractivity contribution in [2.45, 2.75) is 6.04 Å². The van der Waals surface area contributed by atoms with E-state index in [9.17, 15) is 14.0 Å². The Balaban J connectivity index is 2.30. The lowest BCUT2D eigenvalue weighted by Crippen LogP contribution is -2.45. The molecule has 7 heteroatoms. The van der Waals surface area contributed by atoms with Gasteiger partial charge in [0.1, 0.15) is 11.9 Å². The van der Waals surface area contributed by atoms with Crippen LogP contribution in [0.3, 0.4) is 0 Å². The number of carbonyl (C=O) groups is 2. The van der Waals surface area contributed by atoms with Gasteiger partial charge in [-0.15, -0.1) is 0 Å². The Bertz CT molecular complexity index is 468. The molecule has 110 valence electrons. The second-order valence-electron chi connectivity index (χ2n) is 4.09. The van der Waals surface area contributed by atoms with Crippen LogP contribution in [-0.4, -0.2) is 44.7 Å². The number of ether oxygens (including phenoxy) is 1. The molecule has 1 aromatic carbocycles. The summed E-state index contributed by atoms with van der Waals surface area (Å²) in [5.74, 6) is -1.48. The Morgan fingerprint density at radius 1 is 1.30 bits per heavy atom. The van der Waals surface area contributed by atoms with E-state index >= 15 is 0 Å². The van der Waals surface area contributed by atoms with Gasteiger partial charge in [0, 0.05) is 20.2 Å². The lowest BCUT2D eigenvalue weighted by molar-refractivity contribution is -0.123. The van der Waals surface area contributed by atoms with Crippen LogP contribution < -0.4 is 16.4 Å². The fourth-order valence-corrected chi connectivity index (χ4v) is 1.49. The summed E-state index contributed by atoms with van der Waals surface area (Å²) < 4.78 is 18.1. The Kier molecular flexibility index (Phi) is 6.61. The van der Waals surface area contributed by atoms with Crippen molar-refractivity contribution < 1.29 is 18.7 Å². The average molecular weight is 283 g/mol. The van der Waals surface area contributed by atoms with Crippen molar-refractivity contribution >= 4 is 11.8 Å². The van der Waals surface area contributed by atoms with Gasteiger partial charge >= 0.3 is 0 Å². The zero-order valence-electron chi connectivity index (χ0n) is 11.2. The molecule has 20 heavy (non-hydrogen) atoms. The van der Waals surface area contributed by atoms with Crippen molar-refractivity contribution in [1.29, 1.82) is 0 Å². The predicted octanol–water partition coefficient (Wildman–Crippen LogP) is -0.355. The number of nitrogens with one attached hydrogen (secondary N) is 2. The zero-order valence-corrected chi connectivity index (χ0v) is 11.2. The minimum absolute atomic E-state index is 0.0325. The Morgan fingerprint density at radius 2 is 1.95 bits per heavy atom. The van der Waals surface area contributed by atoms with Gasteiger partial charge in [-0.1, -0.05) is 12.1 Å². The monoisotopic (exact) mass is 283 g/mol. The molecule has 1 atom stereocenters. The highest BCUT2D eigenvalue weighted by atomic mass is 19.1. The second-order valence-corrected chi connectivity index (χ2v) is 4.09. The van der Waals surface area contributed by atoms with Crippen molar-refractivity contribution in [2.75, 3.05) is 26.8 Å². The number of benzene rings is 1. The molecular formula is C13H18FN3O3. The lowest BCUT2D eigenvalue weighted by atomic mass is 10.2. The first-order valence-electron chi connectivity index (χ1n) is 6.11. The van der Waals surface area contributed by atoms with E-state index in [2.05, 4.69) is 10.6 Å². The maximum absolute atomic E-state index is 13.3. The van der Waals surface area contributed by atoms with E-state index < -0.39 is 17.8 Å². The number of halogens is 1. The van der Waals surface area contributed by atoms with E-state index in [4.69, 9.17) is 10.5 Å². The van der Waals surface area contributed by atoms with Crippen LogP contribution in [0.1, 0.15) is 10.4 Å². The fraction of sp³-hybridized carbons (Fsp3) is 0.385. The summed E-state index contributed by atoms with van der Waals surface area (Å²) in [4.78, 5) is 23.1. The van der Waals surface area contributed by atoms with Gasteiger partial charge < -0.3 is 21.1 Å². The topological polar surface area (TPSA) is 93.4 Å². The second kappa shape index (κ2) is 8.23. The molecule has 0 aliphatic heterocycles. The lowest BCUT2D eigenvalue weighted by Gasteiger charge is -2.11. The summed E-state index contributed by atoms with van der Waals surface area (Å²) in [6, 6.07) is 4.92. The standard InChI is InChI=1S/C13H18FN3O3/c1-20-8-11(15)13(19)17-7-6-16-12(18)9-4-2-3-5-10(9)14/h2-5,11H,6-8,15H2,1H3,(H,16,18)(H,17,19). The first-order valence-corrected chi connectivity index (χ1v) is 6.11. The first-order chi connectivity index (χ1) is 9.56. The van der Waals surface area contributed by atoms with Crippen molar-refractivity contribution in [1.82, 2.24) is 10.6 Å². The molecule has 1 rings (SSSR count). The minimum atomic E-state index is -0.748. The van der Waals surface area contributed by atoms with Gasteiger partial charge in [0.2, 0.25) is 5.91 Å². The zero-order chi connectivity index (χ0) is 15.0. The van der Waals surface area contributed by atoms with E-state index in [0.717, 1.165) is 0 Å². The minimum Gasteiger partial charge on any atom is -0.383 e. The van der Waals surface area contributed by atoms with E-state index in [1.807, 2.05) is 0 Å². The summed E-state index contributed by atoms with van der Waals surface area (Å²) in [7, 11) is 1.45. The number of rotatable bonds is 7. The maximum Gasteiger partial charge on any atom is 0.254 e. The van der Waals surface area contributed by atoms with Crippen molar-refractivity contribution in [3.8, 4) is 0 Å². The molecule has 0 saturated heterocycles. The van der Waals surface area contributed by atoms with Crippen LogP contribution in [0.25, 0.3) is 0 Å². The highest BCUT2D eigenvalue weighted by molar-refractivity contribution is 5.94. The molecule has 0 aliphatic rings. The van der Waals surface area contributed by atoms with Crippen LogP contribution in [0.4, 0.5) is 4.39 Å². The molecule has 6 nitrogen and oxygen atoms in total. The third-order valence-electron chi connectivity index (χ3n) is 2.51. The molecule has 0 bridgehead atoms. The third-order valence-corrected chi connectivity index (χ3v) is 2.51. The molecule has 0 heterocycles. The Labute approximate surface area is 116 Å². The largest absolute Gasteiger partial charge is 0.383 e. The quantitative estimate of drug-likeness (QED) is 0.596. The molecule has 0 spiro atoms. The summed E-state index contributed by atoms with van der Waals surface area (Å²) in [6.07, 6.45) is 0.